The van der Waals surface area contributed by atoms with Gasteiger partial charge in [0.2, 0.25) is 0 Å². The summed E-state index contributed by atoms with van der Waals surface area (Å²) >= 11 is 0. The van der Waals surface area contributed by atoms with Crippen molar-refractivity contribution in [1.29, 1.82) is 0 Å². The molecule has 19 heteroatoms. The second-order valence-corrected chi connectivity index (χ2v) is 14.2. The van der Waals surface area contributed by atoms with Crippen molar-refractivity contribution in [2.45, 2.75) is 157 Å². The van der Waals surface area contributed by atoms with Gasteiger partial charge in [0.15, 0.2) is 18.7 Å². The van der Waals surface area contributed by atoms with Crippen molar-refractivity contribution in [1.82, 2.24) is 5.32 Å². The molecule has 0 radical (unpaired) electrons. The number of halogens is 3. The van der Waals surface area contributed by atoms with Crippen LogP contribution in [0.1, 0.15) is 71.6 Å². The smallest absolute Gasteiger partial charge is 0.471 e. The van der Waals surface area contributed by atoms with E-state index in [1.807, 2.05) is 0 Å². The van der Waals surface area contributed by atoms with Crippen molar-refractivity contribution in [3.63, 3.8) is 0 Å². The Labute approximate surface area is 298 Å². The van der Waals surface area contributed by atoms with Crippen molar-refractivity contribution in [2.24, 2.45) is 17.8 Å². The van der Waals surface area contributed by atoms with Crippen molar-refractivity contribution in [3.8, 4) is 0 Å². The number of hydrogen-bond acceptors (Lipinski definition) is 14. The zero-order chi connectivity index (χ0) is 38.5. The lowest BCUT2D eigenvalue weighted by molar-refractivity contribution is -0.339. The zero-order valence-electron chi connectivity index (χ0n) is 29.3. The number of nitrogens with one attached hydrogen (secondary N) is 1. The maximum absolute atomic E-state index is 13.7. The van der Waals surface area contributed by atoms with Crippen LogP contribution in [-0.2, 0) is 42.8 Å². The number of aliphatic carboxylic acids is 1. The Hall–Kier alpha value is -2.20. The normalized spacial score (nSPS) is 39.8. The minimum absolute atomic E-state index is 0.0329. The number of carboxylic acid groups (broad SMARTS) is 1. The van der Waals surface area contributed by atoms with E-state index >= 15 is 0 Å². The van der Waals surface area contributed by atoms with Crippen molar-refractivity contribution in [2.75, 3.05) is 13.7 Å². The standard InChI is InChI=1S/C33H52F3NO15/c1-4-16-11-17(29(45)47-3)12-18(26(16)52-31-25(42)24(41)22(39)14(2)48-31)50-30-21(37-32(46)33(34,35)36)27(23(40)20(13-38)51-30)49-19(28(43)44)10-15-8-6-5-7-9-15/h14-27,30-31,38-42H,4-13H2,1-3H3,(H,37,46)(H,43,44)/t14?,16-,17?,18?,19+,20-,21?,22?,23?,24?,25?,26?,27?,30-,31?/m1/s1. The lowest BCUT2D eigenvalue weighted by Gasteiger charge is -2.49. The van der Waals surface area contributed by atoms with Crippen molar-refractivity contribution in [3.05, 3.63) is 0 Å². The van der Waals surface area contributed by atoms with Crippen LogP contribution in [0.25, 0.3) is 0 Å². The number of ether oxygens (including phenoxy) is 6. The summed E-state index contributed by atoms with van der Waals surface area (Å²) in [6.07, 6.45) is -20.0. The number of carboxylic acids is 1. The second-order valence-electron chi connectivity index (χ2n) is 14.2. The summed E-state index contributed by atoms with van der Waals surface area (Å²) in [5.74, 6) is -6.07. The number of hydrogen-bond donors (Lipinski definition) is 7. The average molecular weight is 760 g/mol. The van der Waals surface area contributed by atoms with Gasteiger partial charge in [-0.15, -0.1) is 0 Å². The summed E-state index contributed by atoms with van der Waals surface area (Å²) in [4.78, 5) is 37.6. The monoisotopic (exact) mass is 759 g/mol. The first-order chi connectivity index (χ1) is 24.5. The summed E-state index contributed by atoms with van der Waals surface area (Å²) in [5.41, 5.74) is 0. The van der Waals surface area contributed by atoms with Crippen LogP contribution in [0.2, 0.25) is 0 Å². The van der Waals surface area contributed by atoms with Crippen molar-refractivity contribution >= 4 is 17.8 Å². The zero-order valence-corrected chi connectivity index (χ0v) is 29.3. The third-order valence-electron chi connectivity index (χ3n) is 10.7. The van der Waals surface area contributed by atoms with Crippen LogP contribution in [-0.4, -0.2) is 148 Å². The number of amides is 1. The van der Waals surface area contributed by atoms with Crippen molar-refractivity contribution < 1.29 is 86.6 Å². The third-order valence-corrected chi connectivity index (χ3v) is 10.7. The predicted octanol–water partition coefficient (Wildman–Crippen LogP) is 0.128. The van der Waals surface area contributed by atoms with E-state index in [0.717, 1.165) is 26.4 Å². The van der Waals surface area contributed by atoms with Crippen LogP contribution >= 0.6 is 0 Å². The number of esters is 1. The highest BCUT2D eigenvalue weighted by atomic mass is 19.4. The van der Waals surface area contributed by atoms with Crippen LogP contribution in [0, 0.1) is 17.8 Å². The summed E-state index contributed by atoms with van der Waals surface area (Å²) < 4.78 is 75.7. The van der Waals surface area contributed by atoms with E-state index in [2.05, 4.69) is 0 Å². The van der Waals surface area contributed by atoms with Crippen LogP contribution in [0.4, 0.5) is 13.2 Å². The minimum Gasteiger partial charge on any atom is -0.479 e. The first kappa shape index (κ1) is 42.5. The number of alkyl halides is 3. The molecule has 15 atom stereocenters. The molecule has 2 heterocycles. The van der Waals surface area contributed by atoms with Gasteiger partial charge in [-0.3, -0.25) is 9.59 Å². The Kier molecular flexibility index (Phi) is 15.1. The van der Waals surface area contributed by atoms with Crippen LogP contribution < -0.4 is 5.32 Å². The first-order valence-corrected chi connectivity index (χ1v) is 17.8. The fourth-order valence-corrected chi connectivity index (χ4v) is 7.72. The van der Waals surface area contributed by atoms with Gasteiger partial charge < -0.3 is 64.4 Å². The van der Waals surface area contributed by atoms with E-state index in [0.29, 0.717) is 19.3 Å². The minimum atomic E-state index is -5.45. The van der Waals surface area contributed by atoms with E-state index in [4.69, 9.17) is 28.4 Å². The molecular weight excluding hydrogens is 707 g/mol. The number of methoxy groups -OCH3 is 1. The fourth-order valence-electron chi connectivity index (χ4n) is 7.72. The predicted molar refractivity (Wildman–Crippen MR) is 168 cm³/mol. The molecule has 16 nitrogen and oxygen atoms in total. The van der Waals surface area contributed by atoms with Crippen LogP contribution in [0.5, 0.6) is 0 Å². The molecule has 0 aromatic carbocycles. The van der Waals surface area contributed by atoms with E-state index in [1.165, 1.54) is 6.92 Å². The molecule has 0 bridgehead atoms. The summed E-state index contributed by atoms with van der Waals surface area (Å²) in [6.45, 7) is 2.26. The topological polar surface area (TPSA) is 240 Å². The SMILES string of the molecule is CC[C@@H]1CC(C(=O)OC)CC(O[C@@H]2O[C@H](CO)C(O)C(O[C@@H](CC3CCCCC3)C(=O)O)C2NC(=O)C(F)(F)F)C1OC1OC(C)C(O)C(O)C1O. The highest BCUT2D eigenvalue weighted by Gasteiger charge is 2.54. The number of rotatable bonds is 13. The molecule has 11 unspecified atom stereocenters. The molecule has 0 aromatic rings. The van der Waals surface area contributed by atoms with Gasteiger partial charge in [0.05, 0.1) is 37.9 Å². The number of carbonyl (C=O) groups excluding carboxylic acids is 2. The van der Waals surface area contributed by atoms with E-state index < -0.39 is 122 Å². The maximum Gasteiger partial charge on any atom is 0.471 e. The highest BCUT2D eigenvalue weighted by molar-refractivity contribution is 5.82. The summed E-state index contributed by atoms with van der Waals surface area (Å²) in [7, 11) is 1.16. The van der Waals surface area contributed by atoms with Gasteiger partial charge in [-0.2, -0.15) is 13.2 Å². The molecule has 2 saturated carbocycles. The molecule has 4 rings (SSSR count). The lowest BCUT2D eigenvalue weighted by atomic mass is 9.76. The molecule has 1 amide bonds. The van der Waals surface area contributed by atoms with Gasteiger partial charge >= 0.3 is 24.0 Å². The molecule has 0 aromatic heterocycles. The van der Waals surface area contributed by atoms with Crippen LogP contribution in [0.15, 0.2) is 0 Å². The summed E-state index contributed by atoms with van der Waals surface area (Å²) in [6, 6.07) is -2.02. The van der Waals surface area contributed by atoms with Gasteiger partial charge in [-0.05, 0) is 38.0 Å². The fraction of sp³-hybridized carbons (Fsp3) is 0.909. The van der Waals surface area contributed by atoms with Gasteiger partial charge in [-0.25, -0.2) is 4.79 Å². The van der Waals surface area contributed by atoms with Gasteiger partial charge in [-0.1, -0.05) is 45.4 Å². The number of carbonyl (C=O) groups is 3. The molecule has 52 heavy (non-hydrogen) atoms. The first-order valence-electron chi connectivity index (χ1n) is 17.8. The Morgan fingerprint density at radius 2 is 1.58 bits per heavy atom. The number of aliphatic hydroxyl groups excluding tert-OH is 5. The Morgan fingerprint density at radius 1 is 0.904 bits per heavy atom. The Bertz CT molecular complexity index is 1190. The van der Waals surface area contributed by atoms with E-state index in [-0.39, 0.29) is 25.2 Å². The third kappa shape index (κ3) is 10.1. The summed E-state index contributed by atoms with van der Waals surface area (Å²) in [5, 5.41) is 64.5. The lowest BCUT2D eigenvalue weighted by Crippen LogP contribution is -2.68. The molecule has 4 aliphatic rings. The average Bonchev–Trinajstić information content (AvgIpc) is 3.11. The quantitative estimate of drug-likeness (QED) is 0.124. The van der Waals surface area contributed by atoms with Gasteiger partial charge in [0, 0.05) is 0 Å². The molecule has 0 spiro atoms. The Morgan fingerprint density at radius 3 is 2.15 bits per heavy atom. The molecule has 4 fully saturated rings. The molecule has 2 aliphatic heterocycles. The Balaban J connectivity index is 1.71. The molecule has 300 valence electrons. The van der Waals surface area contributed by atoms with E-state index in [1.54, 1.807) is 12.2 Å². The van der Waals surface area contributed by atoms with Crippen LogP contribution in [0.3, 0.4) is 0 Å². The second kappa shape index (κ2) is 18.4. The van der Waals surface area contributed by atoms with Gasteiger partial charge in [0.25, 0.3) is 0 Å². The number of aliphatic hydroxyl groups is 5. The molecular formula is C33H52F3NO15. The molecule has 2 aliphatic carbocycles. The van der Waals surface area contributed by atoms with Gasteiger partial charge in [0.1, 0.15) is 42.7 Å². The van der Waals surface area contributed by atoms with E-state index in [9.17, 15) is 58.2 Å². The largest absolute Gasteiger partial charge is 0.479 e. The highest BCUT2D eigenvalue weighted by Crippen LogP contribution is 2.40. The molecule has 7 N–H and O–H groups in total. The maximum atomic E-state index is 13.7. The molecule has 2 saturated heterocycles.